The molecule has 0 aromatic carbocycles. The Bertz CT molecular complexity index is 443. The molecule has 2 N–H and O–H groups in total. The number of carbonyl (C=O) groups excluding carboxylic acids is 1. The molecule has 1 amide bonds. The van der Waals surface area contributed by atoms with Crippen molar-refractivity contribution in [1.82, 2.24) is 25.0 Å². The minimum absolute atomic E-state index is 0.0110. The molecule has 0 aliphatic carbocycles. The van der Waals surface area contributed by atoms with Gasteiger partial charge in [0.05, 0.1) is 0 Å². The molecular weight excluding hydrogens is 250 g/mol. The van der Waals surface area contributed by atoms with Crippen molar-refractivity contribution >= 4 is 11.9 Å². The van der Waals surface area contributed by atoms with Crippen molar-refractivity contribution in [2.24, 2.45) is 0 Å². The maximum absolute atomic E-state index is 12.1. The fourth-order valence-corrected chi connectivity index (χ4v) is 1.43. The molecule has 0 radical (unpaired) electrons. The summed E-state index contributed by atoms with van der Waals surface area (Å²) < 4.78 is 0. The molecule has 0 spiro atoms. The van der Waals surface area contributed by atoms with E-state index in [4.69, 9.17) is 5.11 Å². The van der Waals surface area contributed by atoms with Gasteiger partial charge in [-0.1, -0.05) is 6.92 Å². The molecule has 106 valence electrons. The molecule has 1 heterocycles. The molecule has 0 aliphatic rings. The summed E-state index contributed by atoms with van der Waals surface area (Å²) in [7, 11) is 3.71. The Morgan fingerprint density at radius 1 is 1.32 bits per heavy atom. The van der Waals surface area contributed by atoms with Crippen LogP contribution in [0, 0.1) is 0 Å². The second-order valence-corrected chi connectivity index (χ2v) is 4.38. The number of likely N-dealkylation sites (N-methyl/N-ethyl adjacent to an activating group) is 1. The smallest absolute Gasteiger partial charge is 0.323 e. The minimum Gasteiger partial charge on any atom is -0.480 e. The van der Waals surface area contributed by atoms with Gasteiger partial charge in [-0.3, -0.25) is 14.7 Å². The van der Waals surface area contributed by atoms with Crippen molar-refractivity contribution in [3.05, 3.63) is 11.6 Å². The number of hydrogen-bond acceptors (Lipinski definition) is 5. The molecular formula is C11H19N5O3. The summed E-state index contributed by atoms with van der Waals surface area (Å²) in [5.41, 5.74) is 0. The first-order chi connectivity index (χ1) is 8.93. The summed E-state index contributed by atoms with van der Waals surface area (Å²) in [5, 5.41) is 15.3. The Morgan fingerprint density at radius 2 is 2.00 bits per heavy atom. The van der Waals surface area contributed by atoms with Gasteiger partial charge in [0, 0.05) is 19.5 Å². The number of H-pyrrole nitrogens is 1. The number of carboxylic acid groups (broad SMARTS) is 1. The standard InChI is InChI=1S/C11H19N5O3/c1-4-8-12-10(14-13-8)11(19)16(7-9(17)18)6-5-15(2)3/h4-7H2,1-3H3,(H,17,18)(H,12,13,14). The molecule has 0 aliphatic heterocycles. The van der Waals surface area contributed by atoms with Crippen LogP contribution in [0.15, 0.2) is 0 Å². The van der Waals surface area contributed by atoms with Gasteiger partial charge in [0.2, 0.25) is 5.82 Å². The number of aliphatic carboxylic acids is 1. The Kier molecular flexibility index (Phi) is 5.43. The third-order valence-electron chi connectivity index (χ3n) is 2.49. The third kappa shape index (κ3) is 4.66. The molecule has 0 atom stereocenters. The zero-order valence-corrected chi connectivity index (χ0v) is 11.4. The number of rotatable bonds is 7. The van der Waals surface area contributed by atoms with Gasteiger partial charge in [0.15, 0.2) is 0 Å². The fraction of sp³-hybridized carbons (Fsp3) is 0.636. The molecule has 8 heteroatoms. The molecule has 1 aromatic heterocycles. The largest absolute Gasteiger partial charge is 0.480 e. The van der Waals surface area contributed by atoms with Gasteiger partial charge in [-0.15, -0.1) is 5.10 Å². The molecule has 1 rings (SSSR count). The minimum atomic E-state index is -1.06. The summed E-state index contributed by atoms with van der Waals surface area (Å²) in [6.45, 7) is 2.41. The van der Waals surface area contributed by atoms with Crippen LogP contribution in [0.4, 0.5) is 0 Å². The van der Waals surface area contributed by atoms with E-state index < -0.39 is 11.9 Å². The number of aryl methyl sites for hydroxylation is 1. The second-order valence-electron chi connectivity index (χ2n) is 4.38. The van der Waals surface area contributed by atoms with Crippen LogP contribution >= 0.6 is 0 Å². The van der Waals surface area contributed by atoms with Crippen LogP contribution in [0.25, 0.3) is 0 Å². The van der Waals surface area contributed by atoms with E-state index in [-0.39, 0.29) is 12.4 Å². The lowest BCUT2D eigenvalue weighted by Crippen LogP contribution is -2.40. The van der Waals surface area contributed by atoms with Crippen molar-refractivity contribution in [2.45, 2.75) is 13.3 Å². The average Bonchev–Trinajstić information content (AvgIpc) is 2.81. The molecule has 0 saturated carbocycles. The Labute approximate surface area is 111 Å². The molecule has 19 heavy (non-hydrogen) atoms. The predicted octanol–water partition coefficient (Wildman–Crippen LogP) is -0.544. The van der Waals surface area contributed by atoms with Crippen molar-refractivity contribution in [1.29, 1.82) is 0 Å². The highest BCUT2D eigenvalue weighted by molar-refractivity contribution is 5.92. The van der Waals surface area contributed by atoms with E-state index in [9.17, 15) is 9.59 Å². The van der Waals surface area contributed by atoms with E-state index in [1.54, 1.807) is 0 Å². The van der Waals surface area contributed by atoms with Crippen LogP contribution in [0.2, 0.25) is 0 Å². The van der Waals surface area contributed by atoms with Crippen LogP contribution in [0.1, 0.15) is 23.4 Å². The number of carboxylic acids is 1. The summed E-state index contributed by atoms with van der Waals surface area (Å²) in [5.74, 6) is -0.915. The van der Waals surface area contributed by atoms with Gasteiger partial charge in [0.25, 0.3) is 5.91 Å². The first-order valence-corrected chi connectivity index (χ1v) is 6.01. The van der Waals surface area contributed by atoms with Gasteiger partial charge in [-0.25, -0.2) is 4.98 Å². The number of carbonyl (C=O) groups is 2. The lowest BCUT2D eigenvalue weighted by Gasteiger charge is -2.21. The normalized spacial score (nSPS) is 10.7. The van der Waals surface area contributed by atoms with Gasteiger partial charge in [-0.2, -0.15) is 0 Å². The lowest BCUT2D eigenvalue weighted by atomic mass is 10.4. The van der Waals surface area contributed by atoms with E-state index >= 15 is 0 Å². The van der Waals surface area contributed by atoms with Gasteiger partial charge >= 0.3 is 5.97 Å². The number of aromatic nitrogens is 3. The highest BCUT2D eigenvalue weighted by atomic mass is 16.4. The maximum atomic E-state index is 12.1. The topological polar surface area (TPSA) is 102 Å². The lowest BCUT2D eigenvalue weighted by molar-refractivity contribution is -0.137. The predicted molar refractivity (Wildman–Crippen MR) is 67.9 cm³/mol. The van der Waals surface area contributed by atoms with E-state index in [1.165, 1.54) is 4.90 Å². The third-order valence-corrected chi connectivity index (χ3v) is 2.49. The van der Waals surface area contributed by atoms with Crippen LogP contribution in [-0.4, -0.2) is 75.7 Å². The van der Waals surface area contributed by atoms with Crippen molar-refractivity contribution in [3.63, 3.8) is 0 Å². The summed E-state index contributed by atoms with van der Waals surface area (Å²) in [6, 6.07) is 0. The molecule has 0 saturated heterocycles. The van der Waals surface area contributed by atoms with Crippen LogP contribution < -0.4 is 0 Å². The monoisotopic (exact) mass is 269 g/mol. The van der Waals surface area contributed by atoms with E-state index in [0.717, 1.165) is 0 Å². The summed E-state index contributed by atoms with van der Waals surface area (Å²) >= 11 is 0. The molecule has 0 bridgehead atoms. The SMILES string of the molecule is CCc1nc(C(=O)N(CCN(C)C)CC(=O)O)n[nH]1. The van der Waals surface area contributed by atoms with Crippen LogP contribution in [0.3, 0.4) is 0 Å². The van der Waals surface area contributed by atoms with Crippen LogP contribution in [-0.2, 0) is 11.2 Å². The average molecular weight is 269 g/mol. The maximum Gasteiger partial charge on any atom is 0.323 e. The van der Waals surface area contributed by atoms with Crippen LogP contribution in [0.5, 0.6) is 0 Å². The Morgan fingerprint density at radius 3 is 2.47 bits per heavy atom. The fourth-order valence-electron chi connectivity index (χ4n) is 1.43. The van der Waals surface area contributed by atoms with Crippen molar-refractivity contribution in [2.75, 3.05) is 33.7 Å². The highest BCUT2D eigenvalue weighted by Crippen LogP contribution is 2.01. The van der Waals surface area contributed by atoms with Gasteiger partial charge < -0.3 is 14.9 Å². The molecule has 8 nitrogen and oxygen atoms in total. The van der Waals surface area contributed by atoms with Crippen molar-refractivity contribution < 1.29 is 14.7 Å². The molecule has 0 fully saturated rings. The summed E-state index contributed by atoms with van der Waals surface area (Å²) in [4.78, 5) is 30.0. The zero-order chi connectivity index (χ0) is 14.4. The number of aromatic amines is 1. The number of nitrogens with one attached hydrogen (secondary N) is 1. The number of nitrogens with zero attached hydrogens (tertiary/aromatic N) is 4. The van der Waals surface area contributed by atoms with E-state index in [0.29, 0.717) is 25.3 Å². The second kappa shape index (κ2) is 6.83. The molecule has 1 aromatic rings. The molecule has 0 unspecified atom stereocenters. The van der Waals surface area contributed by atoms with Gasteiger partial charge in [0.1, 0.15) is 12.4 Å². The van der Waals surface area contributed by atoms with E-state index in [1.807, 2.05) is 25.9 Å². The number of hydrogen-bond donors (Lipinski definition) is 2. The van der Waals surface area contributed by atoms with Crippen molar-refractivity contribution in [3.8, 4) is 0 Å². The quantitative estimate of drug-likeness (QED) is 0.689. The first kappa shape index (κ1) is 15.1. The highest BCUT2D eigenvalue weighted by Gasteiger charge is 2.22. The number of amides is 1. The van der Waals surface area contributed by atoms with Gasteiger partial charge in [-0.05, 0) is 14.1 Å². The first-order valence-electron chi connectivity index (χ1n) is 6.01. The summed E-state index contributed by atoms with van der Waals surface area (Å²) in [6.07, 6.45) is 0.636. The van der Waals surface area contributed by atoms with E-state index in [2.05, 4.69) is 15.2 Å². The Balaban J connectivity index is 2.77. The zero-order valence-electron chi connectivity index (χ0n) is 11.4. The Hall–Kier alpha value is -1.96.